The maximum absolute atomic E-state index is 12.4. The second-order valence-corrected chi connectivity index (χ2v) is 4.98. The van der Waals surface area contributed by atoms with E-state index in [0.717, 1.165) is 11.1 Å². The van der Waals surface area contributed by atoms with Crippen LogP contribution in [0.1, 0.15) is 17.2 Å². The Kier molecular flexibility index (Phi) is 4.91. The van der Waals surface area contributed by atoms with Gasteiger partial charge in [0.25, 0.3) is 0 Å². The van der Waals surface area contributed by atoms with Crippen molar-refractivity contribution in [3.05, 3.63) is 71.8 Å². The molecule has 104 valence electrons. The number of hydrogen-bond acceptors (Lipinski definition) is 2. The molecule has 3 nitrogen and oxygen atoms in total. The third-order valence-electron chi connectivity index (χ3n) is 3.19. The average Bonchev–Trinajstić information content (AvgIpc) is 2.47. The molecule has 0 heterocycles. The molecule has 0 aliphatic rings. The Morgan fingerprint density at radius 1 is 1.00 bits per heavy atom. The fourth-order valence-corrected chi connectivity index (χ4v) is 2.20. The Morgan fingerprint density at radius 3 is 2.10 bits per heavy atom. The van der Waals surface area contributed by atoms with E-state index in [0.29, 0.717) is 6.54 Å². The lowest BCUT2D eigenvalue weighted by atomic mass is 10.1. The zero-order valence-corrected chi connectivity index (χ0v) is 11.9. The van der Waals surface area contributed by atoms with E-state index >= 15 is 0 Å². The number of nitrogens with one attached hydrogen (secondary N) is 1. The van der Waals surface area contributed by atoms with Crippen LogP contribution >= 0.6 is 0 Å². The van der Waals surface area contributed by atoms with Crippen LogP contribution in [0.25, 0.3) is 0 Å². The molecule has 0 saturated carbocycles. The number of benzene rings is 2. The Bertz CT molecular complexity index is 537. The summed E-state index contributed by atoms with van der Waals surface area (Å²) in [7, 11) is 3.83. The first-order valence-electron chi connectivity index (χ1n) is 6.71. The zero-order valence-electron chi connectivity index (χ0n) is 11.9. The molecule has 0 spiro atoms. The van der Waals surface area contributed by atoms with Gasteiger partial charge in [-0.2, -0.15) is 0 Å². The lowest BCUT2D eigenvalue weighted by Crippen LogP contribution is -2.36. The maximum Gasteiger partial charge on any atom is 0.242 e. The molecular weight excluding hydrogens is 248 g/mol. The summed E-state index contributed by atoms with van der Waals surface area (Å²) in [6.45, 7) is 0.552. The van der Waals surface area contributed by atoms with Crippen molar-refractivity contribution < 1.29 is 4.79 Å². The predicted molar refractivity (Wildman–Crippen MR) is 81.2 cm³/mol. The topological polar surface area (TPSA) is 32.3 Å². The SMILES string of the molecule is CN(C)[C@H](C(=O)NCc1ccccc1)c1ccccc1. The molecule has 0 unspecified atom stereocenters. The third kappa shape index (κ3) is 3.68. The summed E-state index contributed by atoms with van der Waals surface area (Å²) in [6.07, 6.45) is 0. The van der Waals surface area contributed by atoms with Crippen LogP contribution in [-0.4, -0.2) is 24.9 Å². The van der Waals surface area contributed by atoms with Gasteiger partial charge in [0.2, 0.25) is 5.91 Å². The van der Waals surface area contributed by atoms with Crippen LogP contribution < -0.4 is 5.32 Å². The van der Waals surface area contributed by atoms with Gasteiger partial charge in [0.15, 0.2) is 0 Å². The number of hydrogen-bond donors (Lipinski definition) is 1. The quantitative estimate of drug-likeness (QED) is 0.904. The first-order chi connectivity index (χ1) is 9.68. The van der Waals surface area contributed by atoms with Gasteiger partial charge in [0.05, 0.1) is 0 Å². The number of carbonyl (C=O) groups excluding carboxylic acids is 1. The van der Waals surface area contributed by atoms with E-state index < -0.39 is 0 Å². The maximum atomic E-state index is 12.4. The predicted octanol–water partition coefficient (Wildman–Crippen LogP) is 2.61. The number of carbonyl (C=O) groups is 1. The van der Waals surface area contributed by atoms with E-state index in [1.165, 1.54) is 0 Å². The molecule has 0 bridgehead atoms. The van der Waals surface area contributed by atoms with Gasteiger partial charge in [0.1, 0.15) is 6.04 Å². The van der Waals surface area contributed by atoms with Crippen LogP contribution in [0.2, 0.25) is 0 Å². The van der Waals surface area contributed by atoms with Crippen molar-refractivity contribution in [1.29, 1.82) is 0 Å². The van der Waals surface area contributed by atoms with Crippen molar-refractivity contribution in [3.63, 3.8) is 0 Å². The standard InChI is InChI=1S/C17H20N2O/c1-19(2)16(15-11-7-4-8-12-15)17(20)18-13-14-9-5-3-6-10-14/h3-12,16H,13H2,1-2H3,(H,18,20)/t16-/m0/s1. The largest absolute Gasteiger partial charge is 0.350 e. The van der Waals surface area contributed by atoms with Crippen molar-refractivity contribution in [1.82, 2.24) is 10.2 Å². The number of likely N-dealkylation sites (N-methyl/N-ethyl adjacent to an activating group) is 1. The number of rotatable bonds is 5. The van der Waals surface area contributed by atoms with E-state index in [1.807, 2.05) is 79.7 Å². The molecule has 2 rings (SSSR count). The summed E-state index contributed by atoms with van der Waals surface area (Å²) in [6, 6.07) is 19.5. The minimum absolute atomic E-state index is 0.0186. The molecule has 0 aliphatic carbocycles. The molecule has 0 fully saturated rings. The highest BCUT2D eigenvalue weighted by Crippen LogP contribution is 2.18. The van der Waals surface area contributed by atoms with Crippen LogP contribution in [0.15, 0.2) is 60.7 Å². The van der Waals surface area contributed by atoms with Crippen molar-refractivity contribution >= 4 is 5.91 Å². The molecule has 0 aromatic heterocycles. The number of amides is 1. The first kappa shape index (κ1) is 14.3. The molecule has 20 heavy (non-hydrogen) atoms. The molecule has 0 aliphatic heterocycles. The Morgan fingerprint density at radius 2 is 1.55 bits per heavy atom. The van der Waals surface area contributed by atoms with Gasteiger partial charge in [-0.3, -0.25) is 9.69 Å². The van der Waals surface area contributed by atoms with E-state index in [2.05, 4.69) is 5.32 Å². The summed E-state index contributed by atoms with van der Waals surface area (Å²) in [5.74, 6) is 0.0186. The normalized spacial score (nSPS) is 12.2. The molecular formula is C17H20N2O. The van der Waals surface area contributed by atoms with Gasteiger partial charge >= 0.3 is 0 Å². The average molecular weight is 268 g/mol. The van der Waals surface area contributed by atoms with Crippen molar-refractivity contribution in [2.45, 2.75) is 12.6 Å². The van der Waals surface area contributed by atoms with Gasteiger partial charge in [-0.05, 0) is 25.2 Å². The molecule has 2 aromatic carbocycles. The van der Waals surface area contributed by atoms with E-state index in [1.54, 1.807) is 0 Å². The fourth-order valence-electron chi connectivity index (χ4n) is 2.20. The second kappa shape index (κ2) is 6.87. The van der Waals surface area contributed by atoms with E-state index in [-0.39, 0.29) is 11.9 Å². The molecule has 1 amide bonds. The van der Waals surface area contributed by atoms with Gasteiger partial charge in [-0.15, -0.1) is 0 Å². The molecule has 0 radical (unpaired) electrons. The van der Waals surface area contributed by atoms with E-state index in [4.69, 9.17) is 0 Å². The van der Waals surface area contributed by atoms with Gasteiger partial charge < -0.3 is 5.32 Å². The third-order valence-corrected chi connectivity index (χ3v) is 3.19. The first-order valence-corrected chi connectivity index (χ1v) is 6.71. The minimum atomic E-state index is -0.264. The minimum Gasteiger partial charge on any atom is -0.350 e. The Balaban J connectivity index is 2.05. The van der Waals surface area contributed by atoms with Crippen LogP contribution in [0.4, 0.5) is 0 Å². The summed E-state index contributed by atoms with van der Waals surface area (Å²) >= 11 is 0. The van der Waals surface area contributed by atoms with Crippen molar-refractivity contribution in [2.24, 2.45) is 0 Å². The highest BCUT2D eigenvalue weighted by Gasteiger charge is 2.22. The molecule has 0 saturated heterocycles. The second-order valence-electron chi connectivity index (χ2n) is 4.98. The monoisotopic (exact) mass is 268 g/mol. The summed E-state index contributed by atoms with van der Waals surface area (Å²) in [5, 5.41) is 3.00. The highest BCUT2D eigenvalue weighted by atomic mass is 16.2. The van der Waals surface area contributed by atoms with Crippen molar-refractivity contribution in [3.8, 4) is 0 Å². The molecule has 2 aromatic rings. The van der Waals surface area contributed by atoms with Gasteiger partial charge in [-0.1, -0.05) is 60.7 Å². The Labute approximate surface area is 120 Å². The van der Waals surface area contributed by atoms with E-state index in [9.17, 15) is 4.79 Å². The summed E-state index contributed by atoms with van der Waals surface area (Å²) in [5.41, 5.74) is 2.11. The van der Waals surface area contributed by atoms with Crippen LogP contribution in [0, 0.1) is 0 Å². The lowest BCUT2D eigenvalue weighted by Gasteiger charge is -2.23. The summed E-state index contributed by atoms with van der Waals surface area (Å²) < 4.78 is 0. The smallest absolute Gasteiger partial charge is 0.242 e. The zero-order chi connectivity index (χ0) is 14.4. The number of nitrogens with zero attached hydrogens (tertiary/aromatic N) is 1. The lowest BCUT2D eigenvalue weighted by molar-refractivity contribution is -0.125. The fraction of sp³-hybridized carbons (Fsp3) is 0.235. The van der Waals surface area contributed by atoms with Crippen LogP contribution in [0.5, 0.6) is 0 Å². The van der Waals surface area contributed by atoms with Crippen molar-refractivity contribution in [2.75, 3.05) is 14.1 Å². The van der Waals surface area contributed by atoms with Crippen LogP contribution in [-0.2, 0) is 11.3 Å². The van der Waals surface area contributed by atoms with Crippen LogP contribution in [0.3, 0.4) is 0 Å². The Hall–Kier alpha value is -2.13. The van der Waals surface area contributed by atoms with Gasteiger partial charge in [-0.25, -0.2) is 0 Å². The molecule has 1 atom stereocenters. The summed E-state index contributed by atoms with van der Waals surface area (Å²) in [4.78, 5) is 14.3. The highest BCUT2D eigenvalue weighted by molar-refractivity contribution is 5.83. The van der Waals surface area contributed by atoms with Gasteiger partial charge in [0, 0.05) is 6.54 Å². The molecule has 1 N–H and O–H groups in total. The molecule has 3 heteroatoms.